The molecule has 0 bridgehead atoms. The zero-order chi connectivity index (χ0) is 12.9. The predicted molar refractivity (Wildman–Crippen MR) is 96.1 cm³/mol. The van der Waals surface area contributed by atoms with Crippen molar-refractivity contribution in [2.45, 2.75) is 17.4 Å². The Labute approximate surface area is 133 Å². The Hall–Kier alpha value is 0.250. The van der Waals surface area contributed by atoms with Crippen LogP contribution in [0, 0.1) is 0 Å². The van der Waals surface area contributed by atoms with Crippen LogP contribution in [0.4, 0.5) is 0 Å². The Morgan fingerprint density at radius 1 is 1.26 bits per heavy atom. The fraction of sp³-hybridized carbons (Fsp3) is 0.308. The van der Waals surface area contributed by atoms with Gasteiger partial charge in [-0.3, -0.25) is 0 Å². The second-order valence-electron chi connectivity index (χ2n) is 4.06. The van der Waals surface area contributed by atoms with E-state index in [1.54, 1.807) is 0 Å². The molecule has 1 aliphatic heterocycles. The molecule has 2 aromatic rings. The van der Waals surface area contributed by atoms with Crippen LogP contribution < -0.4 is 0 Å². The molecule has 2 heterocycles. The van der Waals surface area contributed by atoms with Gasteiger partial charge in [0.2, 0.25) is 0 Å². The third-order valence-corrected chi connectivity index (χ3v) is 9.35. The molecule has 0 radical (unpaired) electrons. The maximum absolute atomic E-state index is 4.65. The fourth-order valence-electron chi connectivity index (χ4n) is 1.73. The molecule has 1 aromatic carbocycles. The highest BCUT2D eigenvalue weighted by molar-refractivity contribution is 9.09. The monoisotopic (exact) mass is 343 g/mol. The molecule has 100 valence electrons. The van der Waals surface area contributed by atoms with Crippen LogP contribution >= 0.6 is 54.5 Å². The predicted octanol–water partition coefficient (Wildman–Crippen LogP) is 5.85. The summed E-state index contributed by atoms with van der Waals surface area (Å²) in [6.07, 6.45) is 3.51. The average Bonchev–Trinajstić information content (AvgIpc) is 3.06. The maximum atomic E-state index is 4.65. The van der Waals surface area contributed by atoms with Crippen molar-refractivity contribution in [2.75, 3.05) is 5.75 Å². The lowest BCUT2D eigenvalue weighted by molar-refractivity contribution is 1.02. The third-order valence-electron chi connectivity index (χ3n) is 2.64. The standard InChI is InChI=1S/C13H13NS5/c1-2-6-12-11(5-1)14-13(18-12)9-17-19-16-8-10-4-3-7-15-10/h1-3,5-7,10H,4,8-9H2. The molecule has 1 nitrogen and oxygen atoms in total. The van der Waals surface area contributed by atoms with Crippen molar-refractivity contribution in [1.82, 2.24) is 4.98 Å². The van der Waals surface area contributed by atoms with Crippen LogP contribution in [0.5, 0.6) is 0 Å². The van der Waals surface area contributed by atoms with E-state index in [0.717, 1.165) is 16.5 Å². The Bertz CT molecular complexity index is 524. The highest BCUT2D eigenvalue weighted by Crippen LogP contribution is 2.40. The average molecular weight is 344 g/mol. The number of para-hydroxylation sites is 1. The van der Waals surface area contributed by atoms with Crippen LogP contribution in [0.2, 0.25) is 0 Å². The second kappa shape index (κ2) is 7.31. The fourth-order valence-corrected chi connectivity index (χ4v) is 8.09. The summed E-state index contributed by atoms with van der Waals surface area (Å²) in [5, 5.41) is 4.25. The first-order chi connectivity index (χ1) is 9.42. The highest BCUT2D eigenvalue weighted by Gasteiger charge is 2.11. The second-order valence-corrected chi connectivity index (χ2v) is 10.7. The minimum atomic E-state index is 0.792. The van der Waals surface area contributed by atoms with Gasteiger partial charge >= 0.3 is 0 Å². The van der Waals surface area contributed by atoms with Crippen molar-refractivity contribution in [3.8, 4) is 0 Å². The number of aromatic nitrogens is 1. The first kappa shape index (κ1) is 14.2. The van der Waals surface area contributed by atoms with Gasteiger partial charge in [-0.05, 0) is 33.8 Å². The lowest BCUT2D eigenvalue weighted by atomic mass is 10.3. The molecule has 6 heteroatoms. The first-order valence-electron chi connectivity index (χ1n) is 5.98. The number of thiazole rings is 1. The zero-order valence-electron chi connectivity index (χ0n) is 10.2. The molecule has 1 atom stereocenters. The van der Waals surface area contributed by atoms with E-state index >= 15 is 0 Å². The maximum Gasteiger partial charge on any atom is 0.105 e. The topological polar surface area (TPSA) is 12.9 Å². The van der Waals surface area contributed by atoms with Gasteiger partial charge in [-0.15, -0.1) is 23.1 Å². The van der Waals surface area contributed by atoms with Crippen LogP contribution in [0.15, 0.2) is 35.7 Å². The molecule has 19 heavy (non-hydrogen) atoms. The number of thioether (sulfide) groups is 1. The molecule has 0 aliphatic carbocycles. The van der Waals surface area contributed by atoms with Crippen molar-refractivity contribution >= 4 is 64.7 Å². The molecule has 0 saturated carbocycles. The van der Waals surface area contributed by atoms with Crippen molar-refractivity contribution < 1.29 is 0 Å². The van der Waals surface area contributed by atoms with Gasteiger partial charge in [-0.25, -0.2) is 4.98 Å². The normalized spacial score (nSPS) is 18.4. The summed E-state index contributed by atoms with van der Waals surface area (Å²) in [6, 6.07) is 8.37. The van der Waals surface area contributed by atoms with Crippen molar-refractivity contribution in [3.05, 3.63) is 40.8 Å². The van der Waals surface area contributed by atoms with E-state index in [4.69, 9.17) is 0 Å². The summed E-state index contributed by atoms with van der Waals surface area (Å²) < 4.78 is 1.30. The van der Waals surface area contributed by atoms with Gasteiger partial charge in [0.15, 0.2) is 0 Å². The molecule has 0 N–H and O–H groups in total. The molecule has 0 spiro atoms. The Kier molecular flexibility index (Phi) is 5.47. The number of nitrogens with zero attached hydrogens (tertiary/aromatic N) is 1. The summed E-state index contributed by atoms with van der Waals surface area (Å²) >= 11 is 3.78. The largest absolute Gasteiger partial charge is 0.240 e. The first-order valence-corrected chi connectivity index (χ1v) is 11.6. The number of hydrogen-bond acceptors (Lipinski definition) is 6. The van der Waals surface area contributed by atoms with E-state index in [-0.39, 0.29) is 0 Å². The van der Waals surface area contributed by atoms with Gasteiger partial charge in [0, 0.05) is 11.0 Å². The zero-order valence-corrected chi connectivity index (χ0v) is 14.2. The summed E-state index contributed by atoms with van der Waals surface area (Å²) in [4.78, 5) is 4.65. The summed E-state index contributed by atoms with van der Waals surface area (Å²) in [6.45, 7) is 0. The molecular weight excluding hydrogens is 330 g/mol. The molecular formula is C13H13NS5. The lowest BCUT2D eigenvalue weighted by Crippen LogP contribution is -1.98. The van der Waals surface area contributed by atoms with E-state index < -0.39 is 0 Å². The van der Waals surface area contributed by atoms with Crippen molar-refractivity contribution in [2.24, 2.45) is 0 Å². The minimum absolute atomic E-state index is 0.792. The number of benzene rings is 1. The van der Waals surface area contributed by atoms with Gasteiger partial charge < -0.3 is 0 Å². The van der Waals surface area contributed by atoms with E-state index in [0.29, 0.717) is 0 Å². The minimum Gasteiger partial charge on any atom is -0.240 e. The van der Waals surface area contributed by atoms with Crippen LogP contribution in [-0.2, 0) is 5.75 Å². The Morgan fingerprint density at radius 2 is 2.21 bits per heavy atom. The SMILES string of the molecule is C1=CSC(CSSSCc2nc3ccccc3s2)C1. The quantitative estimate of drug-likeness (QED) is 0.481. The van der Waals surface area contributed by atoms with Gasteiger partial charge in [-0.1, -0.05) is 39.8 Å². The Balaban J connectivity index is 1.39. The Morgan fingerprint density at radius 3 is 3.05 bits per heavy atom. The van der Waals surface area contributed by atoms with Crippen molar-refractivity contribution in [3.63, 3.8) is 0 Å². The van der Waals surface area contributed by atoms with E-state index in [1.165, 1.54) is 21.9 Å². The van der Waals surface area contributed by atoms with E-state index in [1.807, 2.05) is 54.5 Å². The van der Waals surface area contributed by atoms with Crippen LogP contribution in [0.1, 0.15) is 11.4 Å². The molecule has 1 unspecified atom stereocenters. The van der Waals surface area contributed by atoms with E-state index in [2.05, 4.69) is 40.7 Å². The molecule has 1 aliphatic rings. The van der Waals surface area contributed by atoms with E-state index in [9.17, 15) is 0 Å². The number of rotatable bonds is 6. The molecule has 0 amide bonds. The number of allylic oxidation sites excluding steroid dienone is 1. The van der Waals surface area contributed by atoms with Gasteiger partial charge in [-0.2, -0.15) is 0 Å². The number of fused-ring (bicyclic) bond motifs is 1. The van der Waals surface area contributed by atoms with Gasteiger partial charge in [0.1, 0.15) is 5.01 Å². The summed E-state index contributed by atoms with van der Waals surface area (Å²) in [5.41, 5.74) is 1.13. The molecule has 0 saturated heterocycles. The van der Waals surface area contributed by atoms with Crippen LogP contribution in [0.3, 0.4) is 0 Å². The summed E-state index contributed by atoms with van der Waals surface area (Å²) in [5.74, 6) is 2.24. The van der Waals surface area contributed by atoms with Crippen LogP contribution in [-0.4, -0.2) is 16.0 Å². The number of hydrogen-bond donors (Lipinski definition) is 0. The molecule has 0 fully saturated rings. The van der Waals surface area contributed by atoms with Crippen LogP contribution in [0.25, 0.3) is 10.2 Å². The smallest absolute Gasteiger partial charge is 0.105 e. The van der Waals surface area contributed by atoms with Crippen molar-refractivity contribution in [1.29, 1.82) is 0 Å². The lowest BCUT2D eigenvalue weighted by Gasteiger charge is -2.05. The molecule has 1 aromatic heterocycles. The molecule has 3 rings (SSSR count). The van der Waals surface area contributed by atoms with Gasteiger partial charge in [0.05, 0.1) is 16.0 Å². The highest BCUT2D eigenvalue weighted by atomic mass is 33.5. The summed E-state index contributed by atoms with van der Waals surface area (Å²) in [7, 11) is 5.78. The van der Waals surface area contributed by atoms with Gasteiger partial charge in [0.25, 0.3) is 0 Å². The third kappa shape index (κ3) is 4.11.